The van der Waals surface area contributed by atoms with Gasteiger partial charge >= 0.3 is 0 Å². The molecular weight excluding hydrogens is 219 g/mol. The second-order valence-corrected chi connectivity index (χ2v) is 4.14. The van der Waals surface area contributed by atoms with Crippen molar-refractivity contribution in [2.45, 2.75) is 20.8 Å². The Kier molecular flexibility index (Phi) is 2.84. The van der Waals surface area contributed by atoms with E-state index in [2.05, 4.69) is 0 Å². The molecule has 0 aliphatic heterocycles. The van der Waals surface area contributed by atoms with E-state index in [1.165, 1.54) is 6.26 Å². The standard InChI is InChI=1S/C14H13FO2/c1-8-6-11(7-9(2)13(8)15)14(16)12-4-5-17-10(12)3/h4-7H,1-3H3. The Morgan fingerprint density at radius 2 is 1.76 bits per heavy atom. The predicted molar refractivity (Wildman–Crippen MR) is 62.8 cm³/mol. The van der Waals surface area contributed by atoms with E-state index < -0.39 is 0 Å². The van der Waals surface area contributed by atoms with Crippen molar-refractivity contribution in [3.63, 3.8) is 0 Å². The first-order valence-electron chi connectivity index (χ1n) is 5.36. The van der Waals surface area contributed by atoms with Crippen LogP contribution in [0.1, 0.15) is 32.8 Å². The highest BCUT2D eigenvalue weighted by Crippen LogP contribution is 2.19. The number of hydrogen-bond acceptors (Lipinski definition) is 2. The first-order valence-corrected chi connectivity index (χ1v) is 5.36. The van der Waals surface area contributed by atoms with Crippen LogP contribution in [0, 0.1) is 26.6 Å². The third-order valence-corrected chi connectivity index (χ3v) is 2.80. The van der Waals surface area contributed by atoms with Gasteiger partial charge in [0.25, 0.3) is 0 Å². The minimum absolute atomic E-state index is 0.137. The largest absolute Gasteiger partial charge is 0.469 e. The molecule has 17 heavy (non-hydrogen) atoms. The number of ketones is 1. The Balaban J connectivity index is 2.49. The lowest BCUT2D eigenvalue weighted by molar-refractivity contribution is 0.103. The maximum atomic E-state index is 13.5. The van der Waals surface area contributed by atoms with E-state index in [0.717, 1.165) is 0 Å². The number of hydrogen-bond donors (Lipinski definition) is 0. The number of carbonyl (C=O) groups is 1. The van der Waals surface area contributed by atoms with E-state index >= 15 is 0 Å². The molecule has 0 spiro atoms. The molecule has 0 bridgehead atoms. The second-order valence-electron chi connectivity index (χ2n) is 4.14. The molecule has 0 atom stereocenters. The smallest absolute Gasteiger partial charge is 0.196 e. The zero-order chi connectivity index (χ0) is 12.6. The number of benzene rings is 1. The molecule has 0 N–H and O–H groups in total. The summed E-state index contributed by atoms with van der Waals surface area (Å²) in [4.78, 5) is 12.2. The molecule has 0 radical (unpaired) electrons. The van der Waals surface area contributed by atoms with E-state index in [9.17, 15) is 9.18 Å². The summed E-state index contributed by atoms with van der Waals surface area (Å²) in [5, 5.41) is 0. The van der Waals surface area contributed by atoms with Gasteiger partial charge in [-0.25, -0.2) is 4.39 Å². The first kappa shape index (κ1) is 11.6. The van der Waals surface area contributed by atoms with Crippen molar-refractivity contribution < 1.29 is 13.6 Å². The van der Waals surface area contributed by atoms with Crippen LogP contribution in [0.4, 0.5) is 4.39 Å². The number of halogens is 1. The molecule has 0 amide bonds. The van der Waals surface area contributed by atoms with Crippen molar-refractivity contribution in [3.8, 4) is 0 Å². The Labute approximate surface area is 99.1 Å². The van der Waals surface area contributed by atoms with Crippen molar-refractivity contribution >= 4 is 5.78 Å². The molecule has 0 saturated carbocycles. The summed E-state index contributed by atoms with van der Waals surface area (Å²) >= 11 is 0. The molecule has 0 fully saturated rings. The average Bonchev–Trinajstić information content (AvgIpc) is 2.70. The summed E-state index contributed by atoms with van der Waals surface area (Å²) < 4.78 is 18.6. The normalized spacial score (nSPS) is 10.6. The maximum Gasteiger partial charge on any atom is 0.196 e. The van der Waals surface area contributed by atoms with E-state index in [1.807, 2.05) is 0 Å². The number of rotatable bonds is 2. The van der Waals surface area contributed by atoms with Gasteiger partial charge in [-0.3, -0.25) is 4.79 Å². The zero-order valence-corrected chi connectivity index (χ0v) is 10.0. The molecule has 1 aromatic carbocycles. The Morgan fingerprint density at radius 1 is 1.18 bits per heavy atom. The van der Waals surface area contributed by atoms with Crippen LogP contribution in [0.2, 0.25) is 0 Å². The fourth-order valence-electron chi connectivity index (χ4n) is 1.85. The minimum atomic E-state index is -0.259. The van der Waals surface area contributed by atoms with Crippen LogP contribution in [-0.2, 0) is 0 Å². The first-order chi connectivity index (χ1) is 8.00. The van der Waals surface area contributed by atoms with Crippen LogP contribution in [0.3, 0.4) is 0 Å². The lowest BCUT2D eigenvalue weighted by atomic mass is 9.99. The van der Waals surface area contributed by atoms with Gasteiger partial charge in [-0.05, 0) is 50.1 Å². The second kappa shape index (κ2) is 4.17. The van der Waals surface area contributed by atoms with Gasteiger partial charge in [-0.1, -0.05) is 0 Å². The van der Waals surface area contributed by atoms with Crippen LogP contribution in [0.15, 0.2) is 28.9 Å². The summed E-state index contributed by atoms with van der Waals surface area (Å²) in [6.45, 7) is 5.04. The molecule has 3 heteroatoms. The maximum absolute atomic E-state index is 13.5. The van der Waals surface area contributed by atoms with Gasteiger partial charge in [0.05, 0.1) is 11.8 Å². The van der Waals surface area contributed by atoms with Crippen LogP contribution >= 0.6 is 0 Å². The molecule has 0 saturated heterocycles. The van der Waals surface area contributed by atoms with E-state index in [1.54, 1.807) is 39.0 Å². The van der Waals surface area contributed by atoms with Crippen molar-refractivity contribution in [1.82, 2.24) is 0 Å². The number of aryl methyl sites for hydroxylation is 3. The summed E-state index contributed by atoms with van der Waals surface area (Å²) in [6.07, 6.45) is 1.48. The highest BCUT2D eigenvalue weighted by atomic mass is 19.1. The van der Waals surface area contributed by atoms with Gasteiger partial charge in [0, 0.05) is 5.56 Å². The predicted octanol–water partition coefficient (Wildman–Crippen LogP) is 3.57. The molecular formula is C14H13FO2. The molecule has 2 rings (SSSR count). The minimum Gasteiger partial charge on any atom is -0.469 e. The monoisotopic (exact) mass is 232 g/mol. The van der Waals surface area contributed by atoms with Crippen LogP contribution in [-0.4, -0.2) is 5.78 Å². The summed E-state index contributed by atoms with van der Waals surface area (Å²) in [6, 6.07) is 4.76. The summed E-state index contributed by atoms with van der Waals surface area (Å²) in [7, 11) is 0. The average molecular weight is 232 g/mol. The fourth-order valence-corrected chi connectivity index (χ4v) is 1.85. The number of furan rings is 1. The highest BCUT2D eigenvalue weighted by Gasteiger charge is 2.16. The Morgan fingerprint density at radius 3 is 2.24 bits per heavy atom. The molecule has 2 nitrogen and oxygen atoms in total. The lowest BCUT2D eigenvalue weighted by Gasteiger charge is -2.05. The quantitative estimate of drug-likeness (QED) is 0.741. The van der Waals surface area contributed by atoms with Gasteiger partial charge in [0.2, 0.25) is 0 Å². The summed E-state index contributed by atoms with van der Waals surface area (Å²) in [5.74, 6) is 0.183. The van der Waals surface area contributed by atoms with E-state index in [0.29, 0.717) is 28.0 Å². The lowest BCUT2D eigenvalue weighted by Crippen LogP contribution is -2.04. The topological polar surface area (TPSA) is 30.2 Å². The molecule has 88 valence electrons. The van der Waals surface area contributed by atoms with Crippen molar-refractivity contribution in [1.29, 1.82) is 0 Å². The molecule has 1 aromatic heterocycles. The van der Waals surface area contributed by atoms with Crippen LogP contribution in [0.5, 0.6) is 0 Å². The van der Waals surface area contributed by atoms with Crippen LogP contribution in [0.25, 0.3) is 0 Å². The van der Waals surface area contributed by atoms with Crippen molar-refractivity contribution in [2.24, 2.45) is 0 Å². The molecule has 0 aliphatic carbocycles. The molecule has 2 aromatic rings. The zero-order valence-electron chi connectivity index (χ0n) is 10.0. The number of carbonyl (C=O) groups excluding carboxylic acids is 1. The van der Waals surface area contributed by atoms with Gasteiger partial charge in [-0.15, -0.1) is 0 Å². The third-order valence-electron chi connectivity index (χ3n) is 2.80. The van der Waals surface area contributed by atoms with Gasteiger partial charge in [0.15, 0.2) is 5.78 Å². The molecule has 0 unspecified atom stereocenters. The van der Waals surface area contributed by atoms with Gasteiger partial charge < -0.3 is 4.42 Å². The third kappa shape index (κ3) is 2.00. The molecule has 0 aliphatic rings. The highest BCUT2D eigenvalue weighted by molar-refractivity contribution is 6.09. The van der Waals surface area contributed by atoms with Crippen molar-refractivity contribution in [3.05, 3.63) is 58.3 Å². The fraction of sp³-hybridized carbons (Fsp3) is 0.214. The van der Waals surface area contributed by atoms with E-state index in [4.69, 9.17) is 4.42 Å². The van der Waals surface area contributed by atoms with E-state index in [-0.39, 0.29) is 11.6 Å². The Bertz CT molecular complexity index is 559. The molecule has 1 heterocycles. The summed E-state index contributed by atoms with van der Waals surface area (Å²) in [5.41, 5.74) is 1.98. The van der Waals surface area contributed by atoms with Crippen molar-refractivity contribution in [2.75, 3.05) is 0 Å². The Hall–Kier alpha value is -1.90. The van der Waals surface area contributed by atoms with Gasteiger partial charge in [-0.2, -0.15) is 0 Å². The van der Waals surface area contributed by atoms with Gasteiger partial charge in [0.1, 0.15) is 11.6 Å². The SMILES string of the molecule is Cc1cc(C(=O)c2ccoc2C)cc(C)c1F. The van der Waals surface area contributed by atoms with Crippen LogP contribution < -0.4 is 0 Å².